The first-order valence-corrected chi connectivity index (χ1v) is 11.7. The SMILES string of the molecule is Cc1c(Cl)cccc1-n1ccn(C(=N)SCc2ccccc2-c2cccs2)c(=N)c1=O. The van der Waals surface area contributed by atoms with E-state index in [4.69, 9.17) is 22.4 Å². The Morgan fingerprint density at radius 3 is 2.68 bits per heavy atom. The molecule has 0 aliphatic rings. The van der Waals surface area contributed by atoms with E-state index in [9.17, 15) is 4.79 Å². The molecule has 0 aliphatic heterocycles. The number of halogens is 1. The van der Waals surface area contributed by atoms with E-state index in [2.05, 4.69) is 12.1 Å². The predicted octanol–water partition coefficient (Wildman–Crippen LogP) is 5.53. The van der Waals surface area contributed by atoms with Gasteiger partial charge in [0.15, 0.2) is 10.7 Å². The van der Waals surface area contributed by atoms with Crippen LogP contribution in [0.3, 0.4) is 0 Å². The molecular formula is C23H19ClN4OS2. The summed E-state index contributed by atoms with van der Waals surface area (Å²) < 4.78 is 2.70. The maximum atomic E-state index is 12.8. The van der Waals surface area contributed by atoms with E-state index < -0.39 is 5.56 Å². The van der Waals surface area contributed by atoms with Crippen LogP contribution in [0.15, 0.2) is 77.2 Å². The molecule has 4 aromatic rings. The monoisotopic (exact) mass is 466 g/mol. The van der Waals surface area contributed by atoms with Gasteiger partial charge in [-0.25, -0.2) is 0 Å². The van der Waals surface area contributed by atoms with Gasteiger partial charge in [0.1, 0.15) is 0 Å². The second kappa shape index (κ2) is 9.09. The lowest BCUT2D eigenvalue weighted by molar-refractivity contribution is 0.840. The highest BCUT2D eigenvalue weighted by molar-refractivity contribution is 8.13. The van der Waals surface area contributed by atoms with Gasteiger partial charge in [0.05, 0.1) is 5.69 Å². The van der Waals surface area contributed by atoms with Crippen LogP contribution in [-0.2, 0) is 5.75 Å². The molecule has 31 heavy (non-hydrogen) atoms. The van der Waals surface area contributed by atoms with Crippen LogP contribution in [0.25, 0.3) is 16.1 Å². The largest absolute Gasteiger partial charge is 0.298 e. The van der Waals surface area contributed by atoms with Crippen molar-refractivity contribution in [2.45, 2.75) is 12.7 Å². The molecule has 0 amide bonds. The van der Waals surface area contributed by atoms with Crippen molar-refractivity contribution in [1.29, 1.82) is 10.8 Å². The molecule has 0 aliphatic carbocycles. The number of nitrogens with one attached hydrogen (secondary N) is 2. The van der Waals surface area contributed by atoms with Crippen molar-refractivity contribution in [2.75, 3.05) is 0 Å². The number of hydrogen-bond donors (Lipinski definition) is 2. The normalized spacial score (nSPS) is 10.9. The molecule has 4 rings (SSSR count). The van der Waals surface area contributed by atoms with Gasteiger partial charge in [0.2, 0.25) is 0 Å². The molecule has 0 atom stereocenters. The van der Waals surface area contributed by atoms with Crippen LogP contribution >= 0.6 is 34.7 Å². The topological polar surface area (TPSA) is 74.6 Å². The smallest absolute Gasteiger partial charge is 0.279 e. The highest BCUT2D eigenvalue weighted by atomic mass is 35.5. The quantitative estimate of drug-likeness (QED) is 0.306. The third-order valence-corrected chi connectivity index (χ3v) is 7.15. The Morgan fingerprint density at radius 1 is 1.10 bits per heavy atom. The first-order chi connectivity index (χ1) is 15.0. The molecule has 8 heteroatoms. The fourth-order valence-corrected chi connectivity index (χ4v) is 5.03. The highest BCUT2D eigenvalue weighted by Crippen LogP contribution is 2.30. The number of benzene rings is 2. The molecule has 2 N–H and O–H groups in total. The van der Waals surface area contributed by atoms with Crippen molar-refractivity contribution < 1.29 is 0 Å². The number of hydrogen-bond acceptors (Lipinski definition) is 5. The number of thiophene rings is 1. The van der Waals surface area contributed by atoms with Gasteiger partial charge in [-0.3, -0.25) is 24.7 Å². The van der Waals surface area contributed by atoms with Crippen molar-refractivity contribution in [3.63, 3.8) is 0 Å². The van der Waals surface area contributed by atoms with Crippen molar-refractivity contribution in [1.82, 2.24) is 9.13 Å². The average Bonchev–Trinajstić information content (AvgIpc) is 3.31. The zero-order valence-electron chi connectivity index (χ0n) is 16.6. The van der Waals surface area contributed by atoms with E-state index in [1.807, 2.05) is 36.6 Å². The third kappa shape index (κ3) is 4.30. The Kier molecular flexibility index (Phi) is 6.27. The molecule has 0 radical (unpaired) electrons. The summed E-state index contributed by atoms with van der Waals surface area (Å²) in [6.45, 7) is 1.83. The van der Waals surface area contributed by atoms with Crippen molar-refractivity contribution in [2.24, 2.45) is 0 Å². The summed E-state index contributed by atoms with van der Waals surface area (Å²) in [5.74, 6) is 0.565. The maximum Gasteiger partial charge on any atom is 0.298 e. The molecule has 2 aromatic heterocycles. The maximum absolute atomic E-state index is 12.8. The first kappa shape index (κ1) is 21.4. The van der Waals surface area contributed by atoms with Crippen LogP contribution in [-0.4, -0.2) is 14.3 Å². The number of nitrogens with zero attached hydrogens (tertiary/aromatic N) is 2. The second-order valence-corrected chi connectivity index (χ2v) is 9.12. The Hall–Kier alpha value is -2.87. The minimum Gasteiger partial charge on any atom is -0.279 e. The molecule has 0 saturated carbocycles. The van der Waals surface area contributed by atoms with Crippen LogP contribution in [0.1, 0.15) is 11.1 Å². The van der Waals surface area contributed by atoms with Gasteiger partial charge in [-0.05, 0) is 47.2 Å². The van der Waals surface area contributed by atoms with Crippen LogP contribution in [0.4, 0.5) is 0 Å². The first-order valence-electron chi connectivity index (χ1n) is 9.45. The van der Waals surface area contributed by atoms with E-state index in [1.54, 1.807) is 41.9 Å². The van der Waals surface area contributed by atoms with Gasteiger partial charge < -0.3 is 0 Å². The van der Waals surface area contributed by atoms with Gasteiger partial charge >= 0.3 is 0 Å². The zero-order chi connectivity index (χ0) is 22.0. The fraction of sp³-hybridized carbons (Fsp3) is 0.0870. The standard InChI is InChI=1S/C23H19ClN4OS2/c1-15-18(24)8-4-9-19(15)27-11-12-28(21(25)22(27)29)23(26)31-14-16-6-2-3-7-17(16)20-10-5-13-30-20/h2-13,25-26H,14H2,1H3. The number of aromatic nitrogens is 2. The fourth-order valence-electron chi connectivity index (χ4n) is 3.24. The molecular weight excluding hydrogens is 448 g/mol. The molecule has 2 heterocycles. The highest BCUT2D eigenvalue weighted by Gasteiger charge is 2.12. The Balaban J connectivity index is 1.60. The molecule has 5 nitrogen and oxygen atoms in total. The van der Waals surface area contributed by atoms with Gasteiger partial charge in [0, 0.05) is 28.0 Å². The Morgan fingerprint density at radius 2 is 1.90 bits per heavy atom. The van der Waals surface area contributed by atoms with Gasteiger partial charge in [-0.2, -0.15) is 0 Å². The lowest BCUT2D eigenvalue weighted by Crippen LogP contribution is -2.42. The van der Waals surface area contributed by atoms with E-state index in [0.717, 1.165) is 16.7 Å². The molecule has 0 spiro atoms. The molecule has 0 bridgehead atoms. The lowest BCUT2D eigenvalue weighted by atomic mass is 10.1. The molecule has 2 aromatic carbocycles. The molecule has 0 saturated heterocycles. The van der Waals surface area contributed by atoms with Gasteiger partial charge in [0.25, 0.3) is 5.56 Å². The summed E-state index contributed by atoms with van der Waals surface area (Å²) in [5.41, 5.74) is 2.86. The van der Waals surface area contributed by atoms with Gasteiger partial charge in [-0.1, -0.05) is 59.8 Å². The second-order valence-electron chi connectivity index (χ2n) is 6.80. The van der Waals surface area contributed by atoms with Crippen molar-refractivity contribution >= 4 is 39.9 Å². The molecule has 156 valence electrons. The summed E-state index contributed by atoms with van der Waals surface area (Å²) >= 11 is 9.14. The van der Waals surface area contributed by atoms with E-state index in [1.165, 1.54) is 25.8 Å². The van der Waals surface area contributed by atoms with Crippen molar-refractivity contribution in [3.05, 3.63) is 104 Å². The predicted molar refractivity (Wildman–Crippen MR) is 130 cm³/mol. The Bertz CT molecular complexity index is 1370. The summed E-state index contributed by atoms with van der Waals surface area (Å²) in [6, 6.07) is 17.5. The minimum atomic E-state index is -0.503. The molecule has 0 fully saturated rings. The summed E-state index contributed by atoms with van der Waals surface area (Å²) in [5, 5.41) is 19.5. The van der Waals surface area contributed by atoms with Crippen LogP contribution < -0.4 is 11.0 Å². The molecule has 0 unspecified atom stereocenters. The van der Waals surface area contributed by atoms with Crippen molar-refractivity contribution in [3.8, 4) is 16.1 Å². The average molecular weight is 467 g/mol. The van der Waals surface area contributed by atoms with Crippen LogP contribution in [0.5, 0.6) is 0 Å². The van der Waals surface area contributed by atoms with E-state index in [0.29, 0.717) is 16.5 Å². The Labute approximate surface area is 192 Å². The van der Waals surface area contributed by atoms with Crippen LogP contribution in [0, 0.1) is 17.7 Å². The third-order valence-electron chi connectivity index (χ3n) is 4.91. The zero-order valence-corrected chi connectivity index (χ0v) is 19.0. The summed E-state index contributed by atoms with van der Waals surface area (Å²) in [4.78, 5) is 14.0. The summed E-state index contributed by atoms with van der Waals surface area (Å²) in [7, 11) is 0. The number of thioether (sulfide) groups is 1. The minimum absolute atomic E-state index is 0.123. The summed E-state index contributed by atoms with van der Waals surface area (Å²) in [6.07, 6.45) is 3.15. The van der Waals surface area contributed by atoms with Crippen LogP contribution in [0.2, 0.25) is 5.02 Å². The number of rotatable bonds is 4. The van der Waals surface area contributed by atoms with E-state index >= 15 is 0 Å². The van der Waals surface area contributed by atoms with E-state index in [-0.39, 0.29) is 10.7 Å². The van der Waals surface area contributed by atoms with Gasteiger partial charge in [-0.15, -0.1) is 11.3 Å². The lowest BCUT2D eigenvalue weighted by Gasteiger charge is -2.13.